The summed E-state index contributed by atoms with van der Waals surface area (Å²) in [5.41, 5.74) is 0. The van der Waals surface area contributed by atoms with Crippen molar-refractivity contribution < 1.29 is 14.7 Å². The summed E-state index contributed by atoms with van der Waals surface area (Å²) in [5.74, 6) is 1.11. The van der Waals surface area contributed by atoms with Crippen LogP contribution in [0.3, 0.4) is 0 Å². The van der Waals surface area contributed by atoms with Gasteiger partial charge in [-0.2, -0.15) is 0 Å². The number of H-pyrrole nitrogens is 1. The summed E-state index contributed by atoms with van der Waals surface area (Å²) in [6.07, 6.45) is 8.18. The van der Waals surface area contributed by atoms with Crippen molar-refractivity contribution in [1.82, 2.24) is 35.3 Å². The Morgan fingerprint density at radius 1 is 1.18 bits per heavy atom. The molecule has 3 rings (SSSR count). The third kappa shape index (κ3) is 8.28. The van der Waals surface area contributed by atoms with Crippen molar-refractivity contribution in [2.75, 3.05) is 59.0 Å². The largest absolute Gasteiger partial charge is 0.395 e. The highest BCUT2D eigenvalue weighted by atomic mass is 16.3. The van der Waals surface area contributed by atoms with E-state index in [1.54, 1.807) is 6.20 Å². The zero-order chi connectivity index (χ0) is 23.5. The van der Waals surface area contributed by atoms with Gasteiger partial charge in [-0.15, -0.1) is 0 Å². The fourth-order valence-corrected chi connectivity index (χ4v) is 4.84. The number of imidazole rings is 1. The lowest BCUT2D eigenvalue weighted by molar-refractivity contribution is -0.135. The predicted molar refractivity (Wildman–Crippen MR) is 127 cm³/mol. The molecule has 0 spiro atoms. The lowest BCUT2D eigenvalue weighted by Crippen LogP contribution is -2.53. The summed E-state index contributed by atoms with van der Waals surface area (Å²) in [4.78, 5) is 38.9. The van der Waals surface area contributed by atoms with Gasteiger partial charge < -0.3 is 30.5 Å². The van der Waals surface area contributed by atoms with Crippen molar-refractivity contribution in [3.05, 3.63) is 18.2 Å². The predicted octanol–water partition coefficient (Wildman–Crippen LogP) is 0.411. The number of likely N-dealkylation sites (tertiary alicyclic amines) is 1. The number of carbonyl (C=O) groups is 2. The van der Waals surface area contributed by atoms with Crippen molar-refractivity contribution >= 4 is 11.9 Å². The van der Waals surface area contributed by atoms with Gasteiger partial charge in [0, 0.05) is 83.1 Å². The first-order chi connectivity index (χ1) is 16.1. The number of aryl methyl sites for hydroxylation is 1. The molecule has 0 aromatic carbocycles. The molecule has 4 N–H and O–H groups in total. The Balaban J connectivity index is 1.35. The topological polar surface area (TPSA) is 117 Å². The van der Waals surface area contributed by atoms with Crippen LogP contribution >= 0.6 is 0 Å². The number of aliphatic hydroxyl groups is 1. The molecule has 33 heavy (non-hydrogen) atoms. The average molecular weight is 464 g/mol. The zero-order valence-electron chi connectivity index (χ0n) is 20.0. The zero-order valence-corrected chi connectivity index (χ0v) is 20.0. The van der Waals surface area contributed by atoms with Gasteiger partial charge >= 0.3 is 6.03 Å². The minimum atomic E-state index is -0.118. The molecule has 0 bridgehead atoms. The summed E-state index contributed by atoms with van der Waals surface area (Å²) in [7, 11) is 0. The second kappa shape index (κ2) is 13.5. The first-order valence-corrected chi connectivity index (χ1v) is 12.5. The molecule has 0 saturated carbocycles. The minimum Gasteiger partial charge on any atom is -0.395 e. The van der Waals surface area contributed by atoms with E-state index in [0.29, 0.717) is 19.5 Å². The Morgan fingerprint density at radius 3 is 2.61 bits per heavy atom. The number of nitrogens with zero attached hydrogens (tertiary/aromatic N) is 4. The van der Waals surface area contributed by atoms with Crippen LogP contribution in [0, 0.1) is 0 Å². The standard InChI is InChI=1S/C23H41N7O3/c1-2-22(32)30-11-6-19(18-20(30)4-5-21-24-8-9-25-21)27-23(33)26-7-3-10-28-12-14-29(15-13-28)16-17-31/h8-9,19-20,31H,2-7,10-18H2,1H3,(H,24,25)(H2,26,27,33). The van der Waals surface area contributed by atoms with E-state index in [1.165, 1.54) is 0 Å². The van der Waals surface area contributed by atoms with Crippen LogP contribution in [0.1, 0.15) is 44.9 Å². The van der Waals surface area contributed by atoms with Crippen LogP contribution in [-0.2, 0) is 11.2 Å². The first-order valence-electron chi connectivity index (χ1n) is 12.5. The van der Waals surface area contributed by atoms with Crippen LogP contribution in [0.5, 0.6) is 0 Å². The van der Waals surface area contributed by atoms with Crippen LogP contribution in [0.25, 0.3) is 0 Å². The molecule has 10 heteroatoms. The number of amides is 3. The molecule has 2 fully saturated rings. The van der Waals surface area contributed by atoms with Gasteiger partial charge in [0.25, 0.3) is 0 Å². The monoisotopic (exact) mass is 463 g/mol. The van der Waals surface area contributed by atoms with Gasteiger partial charge in [0.15, 0.2) is 0 Å². The molecule has 3 amide bonds. The molecule has 186 valence electrons. The SMILES string of the molecule is CCC(=O)N1CCC(NC(=O)NCCCN2CCN(CCO)CC2)CC1CCc1ncc[nH]1. The molecule has 2 aliphatic rings. The quantitative estimate of drug-likeness (QED) is 0.353. The molecular formula is C23H41N7O3. The van der Waals surface area contributed by atoms with Crippen LogP contribution < -0.4 is 10.6 Å². The Morgan fingerprint density at radius 2 is 1.94 bits per heavy atom. The number of aliphatic hydroxyl groups excluding tert-OH is 1. The maximum Gasteiger partial charge on any atom is 0.315 e. The summed E-state index contributed by atoms with van der Waals surface area (Å²) in [5, 5.41) is 15.2. The number of hydrogen-bond donors (Lipinski definition) is 4. The highest BCUT2D eigenvalue weighted by molar-refractivity contribution is 5.76. The average Bonchev–Trinajstić information content (AvgIpc) is 3.35. The van der Waals surface area contributed by atoms with Crippen LogP contribution in [-0.4, -0.2) is 113 Å². The van der Waals surface area contributed by atoms with E-state index >= 15 is 0 Å². The first kappa shape index (κ1) is 25.5. The maximum absolute atomic E-state index is 12.4. The lowest BCUT2D eigenvalue weighted by atomic mass is 9.93. The molecule has 1 aromatic rings. The second-order valence-corrected chi connectivity index (χ2v) is 9.05. The Hall–Kier alpha value is -2.17. The van der Waals surface area contributed by atoms with Gasteiger partial charge in [0.1, 0.15) is 5.82 Å². The van der Waals surface area contributed by atoms with Crippen LogP contribution in [0.4, 0.5) is 4.79 Å². The molecule has 2 saturated heterocycles. The number of piperidine rings is 1. The highest BCUT2D eigenvalue weighted by Crippen LogP contribution is 2.22. The summed E-state index contributed by atoms with van der Waals surface area (Å²) in [6, 6.07) is 0.0750. The van der Waals surface area contributed by atoms with Gasteiger partial charge in [-0.05, 0) is 32.2 Å². The molecule has 3 heterocycles. The number of nitrogens with one attached hydrogen (secondary N) is 3. The Bertz CT molecular complexity index is 707. The van der Waals surface area contributed by atoms with Crippen molar-refractivity contribution in [1.29, 1.82) is 0 Å². The van der Waals surface area contributed by atoms with Crippen LogP contribution in [0.2, 0.25) is 0 Å². The molecule has 2 aliphatic heterocycles. The number of urea groups is 1. The van der Waals surface area contributed by atoms with Gasteiger partial charge in [0.05, 0.1) is 6.61 Å². The van der Waals surface area contributed by atoms with E-state index in [2.05, 4.69) is 30.4 Å². The van der Waals surface area contributed by atoms with Crippen molar-refractivity contribution in [2.24, 2.45) is 0 Å². The van der Waals surface area contributed by atoms with E-state index in [-0.39, 0.29) is 30.6 Å². The van der Waals surface area contributed by atoms with E-state index in [4.69, 9.17) is 5.11 Å². The van der Waals surface area contributed by atoms with Gasteiger partial charge in [-0.25, -0.2) is 9.78 Å². The molecule has 10 nitrogen and oxygen atoms in total. The van der Waals surface area contributed by atoms with Crippen molar-refractivity contribution in [3.63, 3.8) is 0 Å². The van der Waals surface area contributed by atoms with Crippen molar-refractivity contribution in [3.8, 4) is 0 Å². The fraction of sp³-hybridized carbons (Fsp3) is 0.783. The Kier molecular flexibility index (Phi) is 10.4. The smallest absolute Gasteiger partial charge is 0.315 e. The fourth-order valence-electron chi connectivity index (χ4n) is 4.84. The van der Waals surface area contributed by atoms with E-state index in [9.17, 15) is 9.59 Å². The van der Waals surface area contributed by atoms with E-state index < -0.39 is 0 Å². The number of aromatic nitrogens is 2. The minimum absolute atomic E-state index is 0.0760. The van der Waals surface area contributed by atoms with Crippen molar-refractivity contribution in [2.45, 2.75) is 57.5 Å². The number of piperazine rings is 1. The van der Waals surface area contributed by atoms with Gasteiger partial charge in [0.2, 0.25) is 5.91 Å². The summed E-state index contributed by atoms with van der Waals surface area (Å²) < 4.78 is 0. The maximum atomic E-state index is 12.4. The van der Waals surface area contributed by atoms with Gasteiger partial charge in [-0.3, -0.25) is 9.69 Å². The second-order valence-electron chi connectivity index (χ2n) is 9.05. The number of hydrogen-bond acceptors (Lipinski definition) is 6. The molecule has 1 aromatic heterocycles. The molecule has 0 aliphatic carbocycles. The van der Waals surface area contributed by atoms with E-state index in [0.717, 1.165) is 77.2 Å². The molecule has 0 radical (unpaired) electrons. The third-order valence-corrected chi connectivity index (χ3v) is 6.76. The Labute approximate surface area is 197 Å². The normalized spacial score (nSPS) is 22.3. The summed E-state index contributed by atoms with van der Waals surface area (Å²) in [6.45, 7) is 9.20. The highest BCUT2D eigenvalue weighted by Gasteiger charge is 2.31. The number of aromatic amines is 1. The van der Waals surface area contributed by atoms with E-state index in [1.807, 2.05) is 18.0 Å². The number of carbonyl (C=O) groups excluding carboxylic acids is 2. The molecule has 2 atom stereocenters. The van der Waals surface area contributed by atoms with Crippen LogP contribution in [0.15, 0.2) is 12.4 Å². The molecular weight excluding hydrogens is 422 g/mol. The lowest BCUT2D eigenvalue weighted by Gasteiger charge is -2.40. The number of rotatable bonds is 11. The number of β-amino-alcohol motifs (C(OH)–C–C–N with tert-alkyl or cyclic N) is 1. The molecule has 2 unspecified atom stereocenters. The third-order valence-electron chi connectivity index (χ3n) is 6.76. The summed E-state index contributed by atoms with van der Waals surface area (Å²) >= 11 is 0. The van der Waals surface area contributed by atoms with Gasteiger partial charge in [-0.1, -0.05) is 6.92 Å².